The zero-order valence-electron chi connectivity index (χ0n) is 12.8. The predicted octanol–water partition coefficient (Wildman–Crippen LogP) is 1.98. The molecular weight excluding hydrogens is 272 g/mol. The summed E-state index contributed by atoms with van der Waals surface area (Å²) >= 11 is 0. The van der Waals surface area contributed by atoms with Gasteiger partial charge in [0.1, 0.15) is 0 Å². The summed E-state index contributed by atoms with van der Waals surface area (Å²) in [5.74, 6) is -0.848. The fourth-order valence-electron chi connectivity index (χ4n) is 3.36. The molecule has 1 saturated carbocycles. The average Bonchev–Trinajstić information content (AvgIpc) is 2.91. The van der Waals surface area contributed by atoms with Crippen molar-refractivity contribution in [2.75, 3.05) is 20.2 Å². The molecule has 1 unspecified atom stereocenters. The molecule has 6 nitrogen and oxygen atoms in total. The molecule has 0 aromatic rings. The minimum atomic E-state index is -0.848. The van der Waals surface area contributed by atoms with Crippen molar-refractivity contribution in [2.24, 2.45) is 0 Å². The summed E-state index contributed by atoms with van der Waals surface area (Å²) in [6.07, 6.45) is 6.71. The van der Waals surface area contributed by atoms with Crippen molar-refractivity contribution in [3.63, 3.8) is 0 Å². The van der Waals surface area contributed by atoms with Gasteiger partial charge >= 0.3 is 12.0 Å². The molecule has 2 aliphatic rings. The highest BCUT2D eigenvalue weighted by atomic mass is 16.5. The van der Waals surface area contributed by atoms with E-state index in [9.17, 15) is 9.59 Å². The second-order valence-electron chi connectivity index (χ2n) is 6.36. The van der Waals surface area contributed by atoms with Gasteiger partial charge < -0.3 is 20.1 Å². The fourth-order valence-corrected chi connectivity index (χ4v) is 3.36. The molecule has 1 aliphatic heterocycles. The Morgan fingerprint density at radius 2 is 2.00 bits per heavy atom. The largest absolute Gasteiger partial charge is 0.481 e. The highest BCUT2D eigenvalue weighted by Gasteiger charge is 2.36. The van der Waals surface area contributed by atoms with Gasteiger partial charge in [0, 0.05) is 20.2 Å². The van der Waals surface area contributed by atoms with E-state index in [-0.39, 0.29) is 18.6 Å². The summed E-state index contributed by atoms with van der Waals surface area (Å²) in [5, 5.41) is 12.1. The summed E-state index contributed by atoms with van der Waals surface area (Å²) in [5.41, 5.74) is -0.577. The quantitative estimate of drug-likeness (QED) is 0.813. The number of aliphatic carboxylic acids is 1. The molecule has 2 fully saturated rings. The van der Waals surface area contributed by atoms with Gasteiger partial charge in [0.15, 0.2) is 0 Å². The number of amides is 2. The van der Waals surface area contributed by atoms with Gasteiger partial charge in [0.05, 0.1) is 18.1 Å². The lowest BCUT2D eigenvalue weighted by Crippen LogP contribution is -2.55. The van der Waals surface area contributed by atoms with Crippen LogP contribution >= 0.6 is 0 Å². The molecule has 0 radical (unpaired) electrons. The van der Waals surface area contributed by atoms with Crippen molar-refractivity contribution < 1.29 is 19.4 Å². The summed E-state index contributed by atoms with van der Waals surface area (Å²) in [6.45, 7) is 1.33. The standard InChI is InChI=1S/C15H26N2O4/c1-17(11-12-6-5-9-21-12)14(20)16-15(10-13(18)19)7-3-2-4-8-15/h12H,2-11H2,1H3,(H,16,20)(H,18,19). The van der Waals surface area contributed by atoms with E-state index < -0.39 is 11.5 Å². The van der Waals surface area contributed by atoms with E-state index in [2.05, 4.69) is 5.32 Å². The number of likely N-dealkylation sites (N-methyl/N-ethyl adjacent to an activating group) is 1. The van der Waals surface area contributed by atoms with Crippen LogP contribution < -0.4 is 5.32 Å². The van der Waals surface area contributed by atoms with Crippen LogP contribution in [0.1, 0.15) is 51.4 Å². The number of ether oxygens (including phenoxy) is 1. The molecular formula is C15H26N2O4. The lowest BCUT2D eigenvalue weighted by molar-refractivity contribution is -0.139. The number of carboxylic acid groups (broad SMARTS) is 1. The maximum atomic E-state index is 12.4. The molecule has 2 rings (SSSR count). The van der Waals surface area contributed by atoms with Crippen LogP contribution in [-0.2, 0) is 9.53 Å². The minimum absolute atomic E-state index is 0.00646. The van der Waals surface area contributed by atoms with E-state index in [0.29, 0.717) is 6.54 Å². The molecule has 0 bridgehead atoms. The second-order valence-corrected chi connectivity index (χ2v) is 6.36. The van der Waals surface area contributed by atoms with Crippen LogP contribution in [0.5, 0.6) is 0 Å². The van der Waals surface area contributed by atoms with Crippen molar-refractivity contribution in [2.45, 2.75) is 63.0 Å². The van der Waals surface area contributed by atoms with E-state index in [1.54, 1.807) is 11.9 Å². The van der Waals surface area contributed by atoms with Gasteiger partial charge in [-0.2, -0.15) is 0 Å². The Morgan fingerprint density at radius 1 is 1.29 bits per heavy atom. The lowest BCUT2D eigenvalue weighted by atomic mass is 9.79. The smallest absolute Gasteiger partial charge is 0.317 e. The predicted molar refractivity (Wildman–Crippen MR) is 78.2 cm³/mol. The van der Waals surface area contributed by atoms with E-state index in [1.165, 1.54) is 0 Å². The highest BCUT2D eigenvalue weighted by molar-refractivity contribution is 5.76. The van der Waals surface area contributed by atoms with Crippen molar-refractivity contribution >= 4 is 12.0 Å². The SMILES string of the molecule is CN(CC1CCCO1)C(=O)NC1(CC(=O)O)CCCCC1. The van der Waals surface area contributed by atoms with Gasteiger partial charge in [-0.15, -0.1) is 0 Å². The van der Waals surface area contributed by atoms with E-state index in [4.69, 9.17) is 9.84 Å². The van der Waals surface area contributed by atoms with Crippen LogP contribution in [0.2, 0.25) is 0 Å². The molecule has 2 N–H and O–H groups in total. The van der Waals surface area contributed by atoms with Crippen LogP contribution in [0.4, 0.5) is 4.79 Å². The van der Waals surface area contributed by atoms with Crippen LogP contribution in [0.15, 0.2) is 0 Å². The maximum absolute atomic E-state index is 12.4. The Labute approximate surface area is 125 Å². The number of rotatable bonds is 5. The van der Waals surface area contributed by atoms with Gasteiger partial charge in [-0.3, -0.25) is 4.79 Å². The second kappa shape index (κ2) is 7.11. The van der Waals surface area contributed by atoms with Crippen molar-refractivity contribution in [1.29, 1.82) is 0 Å². The van der Waals surface area contributed by atoms with E-state index >= 15 is 0 Å². The summed E-state index contributed by atoms with van der Waals surface area (Å²) in [6, 6.07) is -0.186. The van der Waals surface area contributed by atoms with Crippen LogP contribution in [0.25, 0.3) is 0 Å². The molecule has 0 aromatic carbocycles. The zero-order chi connectivity index (χ0) is 15.3. The lowest BCUT2D eigenvalue weighted by Gasteiger charge is -2.38. The molecule has 2 amide bonds. The monoisotopic (exact) mass is 298 g/mol. The summed E-state index contributed by atoms with van der Waals surface area (Å²) in [4.78, 5) is 25.1. The molecule has 120 valence electrons. The van der Waals surface area contributed by atoms with Gasteiger partial charge in [0.25, 0.3) is 0 Å². The normalized spacial score (nSPS) is 24.5. The van der Waals surface area contributed by atoms with Gasteiger partial charge in [0.2, 0.25) is 0 Å². The Morgan fingerprint density at radius 3 is 2.57 bits per heavy atom. The Balaban J connectivity index is 1.91. The number of carbonyl (C=O) groups excluding carboxylic acids is 1. The third-order valence-corrected chi connectivity index (χ3v) is 4.52. The highest BCUT2D eigenvalue weighted by Crippen LogP contribution is 2.31. The number of carboxylic acids is 1. The Kier molecular flexibility index (Phi) is 5.45. The van der Waals surface area contributed by atoms with E-state index in [1.807, 2.05) is 0 Å². The zero-order valence-corrected chi connectivity index (χ0v) is 12.8. The number of nitrogens with zero attached hydrogens (tertiary/aromatic N) is 1. The number of nitrogens with one attached hydrogen (secondary N) is 1. The molecule has 21 heavy (non-hydrogen) atoms. The number of hydrogen-bond acceptors (Lipinski definition) is 3. The molecule has 1 heterocycles. The Hall–Kier alpha value is -1.30. The van der Waals surface area contributed by atoms with Crippen molar-refractivity contribution in [1.82, 2.24) is 10.2 Å². The number of carbonyl (C=O) groups is 2. The van der Waals surface area contributed by atoms with Gasteiger partial charge in [-0.05, 0) is 25.7 Å². The van der Waals surface area contributed by atoms with Crippen LogP contribution in [0, 0.1) is 0 Å². The first-order chi connectivity index (χ1) is 10.0. The van der Waals surface area contributed by atoms with Crippen molar-refractivity contribution in [3.05, 3.63) is 0 Å². The maximum Gasteiger partial charge on any atom is 0.317 e. The topological polar surface area (TPSA) is 78.9 Å². The molecule has 1 atom stereocenters. The minimum Gasteiger partial charge on any atom is -0.481 e. The fraction of sp³-hybridized carbons (Fsp3) is 0.867. The molecule has 6 heteroatoms. The van der Waals surface area contributed by atoms with Crippen LogP contribution in [0.3, 0.4) is 0 Å². The van der Waals surface area contributed by atoms with Gasteiger partial charge in [-0.25, -0.2) is 4.79 Å². The summed E-state index contributed by atoms with van der Waals surface area (Å²) < 4.78 is 5.54. The summed E-state index contributed by atoms with van der Waals surface area (Å²) in [7, 11) is 1.74. The third kappa shape index (κ3) is 4.59. The molecule has 0 spiro atoms. The average molecular weight is 298 g/mol. The molecule has 1 aliphatic carbocycles. The first-order valence-corrected chi connectivity index (χ1v) is 7.87. The van der Waals surface area contributed by atoms with E-state index in [0.717, 1.165) is 51.6 Å². The molecule has 0 aromatic heterocycles. The Bertz CT molecular complexity index is 374. The first kappa shape index (κ1) is 16.1. The van der Waals surface area contributed by atoms with Gasteiger partial charge in [-0.1, -0.05) is 19.3 Å². The third-order valence-electron chi connectivity index (χ3n) is 4.52. The van der Waals surface area contributed by atoms with Crippen LogP contribution in [-0.4, -0.2) is 53.8 Å². The first-order valence-electron chi connectivity index (χ1n) is 7.87. The van der Waals surface area contributed by atoms with Crippen molar-refractivity contribution in [3.8, 4) is 0 Å². The number of hydrogen-bond donors (Lipinski definition) is 2. The number of urea groups is 1. The molecule has 1 saturated heterocycles.